The van der Waals surface area contributed by atoms with Crippen molar-refractivity contribution in [3.63, 3.8) is 0 Å². The van der Waals surface area contributed by atoms with Crippen molar-refractivity contribution in [2.75, 3.05) is 13.2 Å². The second-order valence-corrected chi connectivity index (χ2v) is 1.90. The summed E-state index contributed by atoms with van der Waals surface area (Å²) < 4.78 is 4.91. The molecule has 0 spiro atoms. The van der Waals surface area contributed by atoms with Crippen LogP contribution in [0.4, 0.5) is 0 Å². The van der Waals surface area contributed by atoms with Crippen LogP contribution in [0, 0.1) is 0 Å². The minimum atomic E-state index is -0.657. The molecule has 9 heavy (non-hydrogen) atoms. The Morgan fingerprint density at radius 1 is 1.67 bits per heavy atom. The van der Waals surface area contributed by atoms with Gasteiger partial charge in [0.05, 0.1) is 0 Å². The third-order valence-corrected chi connectivity index (χ3v) is 0.928. The first-order valence-corrected chi connectivity index (χ1v) is 3.31. The molecule has 0 aromatic heterocycles. The van der Waals surface area contributed by atoms with E-state index in [1.165, 1.54) is 0 Å². The van der Waals surface area contributed by atoms with Crippen LogP contribution in [0.2, 0.25) is 0 Å². The normalized spacial score (nSPS) is 13.7. The van der Waals surface area contributed by atoms with Crippen LogP contribution < -0.4 is 5.73 Å². The van der Waals surface area contributed by atoms with Crippen LogP contribution in [-0.2, 0) is 4.74 Å². The van der Waals surface area contributed by atoms with Gasteiger partial charge in [0.15, 0.2) is 6.29 Å². The van der Waals surface area contributed by atoms with Gasteiger partial charge in [-0.05, 0) is 13.0 Å². The molecule has 0 saturated heterocycles. The van der Waals surface area contributed by atoms with E-state index in [2.05, 4.69) is 0 Å². The summed E-state index contributed by atoms with van der Waals surface area (Å²) in [5.41, 5.74) is 5.16. The number of aliphatic hydroxyl groups is 1. The number of ether oxygens (including phenoxy) is 1. The third-order valence-electron chi connectivity index (χ3n) is 0.928. The van der Waals surface area contributed by atoms with Gasteiger partial charge in [-0.2, -0.15) is 0 Å². The number of hydrogen-bond acceptors (Lipinski definition) is 3. The fourth-order valence-corrected chi connectivity index (χ4v) is 0.480. The Labute approximate surface area is 55.8 Å². The first kappa shape index (κ1) is 8.88. The molecule has 0 radical (unpaired) electrons. The highest BCUT2D eigenvalue weighted by molar-refractivity contribution is 4.41. The molecule has 0 heterocycles. The highest BCUT2D eigenvalue weighted by atomic mass is 16.6. The van der Waals surface area contributed by atoms with Gasteiger partial charge in [-0.25, -0.2) is 0 Å². The van der Waals surface area contributed by atoms with E-state index in [-0.39, 0.29) is 0 Å². The molecule has 0 aliphatic carbocycles. The predicted octanol–water partition coefficient (Wildman–Crippen LogP) is 0.0802. The quantitative estimate of drug-likeness (QED) is 0.522. The molecule has 0 aromatic carbocycles. The molecule has 0 aliphatic heterocycles. The number of rotatable bonds is 5. The van der Waals surface area contributed by atoms with Gasteiger partial charge in [-0.15, -0.1) is 0 Å². The summed E-state index contributed by atoms with van der Waals surface area (Å²) in [4.78, 5) is 0. The standard InChI is InChI=1S/C6H15NO2/c1-2-5-9-6(8)3-4-7/h6,8H,2-5,7H2,1H3. The molecule has 1 atom stereocenters. The van der Waals surface area contributed by atoms with Crippen LogP contribution in [0.3, 0.4) is 0 Å². The van der Waals surface area contributed by atoms with Gasteiger partial charge in [0.2, 0.25) is 0 Å². The zero-order chi connectivity index (χ0) is 7.11. The molecular formula is C6H15NO2. The van der Waals surface area contributed by atoms with Crippen molar-refractivity contribution in [3.8, 4) is 0 Å². The average Bonchev–Trinajstić information content (AvgIpc) is 1.85. The molecule has 0 saturated carbocycles. The lowest BCUT2D eigenvalue weighted by Gasteiger charge is -2.08. The maximum absolute atomic E-state index is 8.88. The Morgan fingerprint density at radius 3 is 2.78 bits per heavy atom. The zero-order valence-electron chi connectivity index (χ0n) is 5.84. The Kier molecular flexibility index (Phi) is 5.93. The van der Waals surface area contributed by atoms with Gasteiger partial charge >= 0.3 is 0 Å². The topological polar surface area (TPSA) is 55.5 Å². The van der Waals surface area contributed by atoms with Gasteiger partial charge in [0.1, 0.15) is 0 Å². The Bertz CT molecular complexity index is 59.0. The molecule has 0 fully saturated rings. The van der Waals surface area contributed by atoms with E-state index in [0.717, 1.165) is 6.42 Å². The molecule has 0 aromatic rings. The SMILES string of the molecule is CCCOC(O)CCN. The lowest BCUT2D eigenvalue weighted by Crippen LogP contribution is -2.17. The smallest absolute Gasteiger partial charge is 0.155 e. The monoisotopic (exact) mass is 133 g/mol. The van der Waals surface area contributed by atoms with Crippen LogP contribution in [-0.4, -0.2) is 24.5 Å². The van der Waals surface area contributed by atoms with E-state index in [9.17, 15) is 0 Å². The van der Waals surface area contributed by atoms with E-state index < -0.39 is 6.29 Å². The van der Waals surface area contributed by atoms with Gasteiger partial charge < -0.3 is 15.6 Å². The molecule has 3 nitrogen and oxygen atoms in total. The maximum Gasteiger partial charge on any atom is 0.155 e. The lowest BCUT2D eigenvalue weighted by atomic mass is 10.4. The molecule has 3 N–H and O–H groups in total. The Hall–Kier alpha value is -0.120. The van der Waals surface area contributed by atoms with Crippen LogP contribution in [0.25, 0.3) is 0 Å². The van der Waals surface area contributed by atoms with E-state index in [1.807, 2.05) is 6.92 Å². The van der Waals surface area contributed by atoms with Crippen molar-refractivity contribution < 1.29 is 9.84 Å². The highest BCUT2D eigenvalue weighted by Gasteiger charge is 1.99. The van der Waals surface area contributed by atoms with E-state index >= 15 is 0 Å². The molecular weight excluding hydrogens is 118 g/mol. The van der Waals surface area contributed by atoms with Crippen LogP contribution in [0.15, 0.2) is 0 Å². The molecule has 0 rings (SSSR count). The summed E-state index contributed by atoms with van der Waals surface area (Å²) in [6.07, 6.45) is 0.802. The number of nitrogens with two attached hydrogens (primary N) is 1. The third kappa shape index (κ3) is 5.76. The largest absolute Gasteiger partial charge is 0.368 e. The summed E-state index contributed by atoms with van der Waals surface area (Å²) in [5, 5.41) is 8.88. The summed E-state index contributed by atoms with van der Waals surface area (Å²) in [6, 6.07) is 0. The van der Waals surface area contributed by atoms with Crippen LogP contribution in [0.1, 0.15) is 19.8 Å². The maximum atomic E-state index is 8.88. The summed E-state index contributed by atoms with van der Waals surface area (Å²) >= 11 is 0. The first-order chi connectivity index (χ1) is 4.31. The Balaban J connectivity index is 2.95. The summed E-state index contributed by atoms with van der Waals surface area (Å²) in [5.74, 6) is 0. The van der Waals surface area contributed by atoms with Gasteiger partial charge in [0, 0.05) is 13.0 Å². The van der Waals surface area contributed by atoms with E-state index in [4.69, 9.17) is 15.6 Å². The molecule has 1 unspecified atom stereocenters. The minimum absolute atomic E-state index is 0.477. The van der Waals surface area contributed by atoms with Crippen molar-refractivity contribution in [1.82, 2.24) is 0 Å². The lowest BCUT2D eigenvalue weighted by molar-refractivity contribution is -0.101. The van der Waals surface area contributed by atoms with Gasteiger partial charge in [-0.3, -0.25) is 0 Å². The fraction of sp³-hybridized carbons (Fsp3) is 1.00. The molecule has 0 amide bonds. The van der Waals surface area contributed by atoms with Gasteiger partial charge in [0.25, 0.3) is 0 Å². The van der Waals surface area contributed by atoms with Crippen molar-refractivity contribution in [3.05, 3.63) is 0 Å². The Morgan fingerprint density at radius 2 is 2.33 bits per heavy atom. The van der Waals surface area contributed by atoms with Crippen LogP contribution >= 0.6 is 0 Å². The van der Waals surface area contributed by atoms with Crippen LogP contribution in [0.5, 0.6) is 0 Å². The van der Waals surface area contributed by atoms with Crippen molar-refractivity contribution in [2.24, 2.45) is 5.73 Å². The molecule has 0 aliphatic rings. The second kappa shape index (κ2) is 6.01. The van der Waals surface area contributed by atoms with Crippen molar-refractivity contribution in [2.45, 2.75) is 26.1 Å². The highest BCUT2D eigenvalue weighted by Crippen LogP contribution is 1.92. The summed E-state index contributed by atoms with van der Waals surface area (Å²) in [6.45, 7) is 3.08. The summed E-state index contributed by atoms with van der Waals surface area (Å²) in [7, 11) is 0. The number of hydrogen-bond donors (Lipinski definition) is 2. The molecule has 56 valence electrons. The first-order valence-electron chi connectivity index (χ1n) is 3.31. The van der Waals surface area contributed by atoms with E-state index in [0.29, 0.717) is 19.6 Å². The molecule has 3 heteroatoms. The zero-order valence-corrected chi connectivity index (χ0v) is 5.84. The number of aliphatic hydroxyl groups excluding tert-OH is 1. The van der Waals surface area contributed by atoms with E-state index in [1.54, 1.807) is 0 Å². The minimum Gasteiger partial charge on any atom is -0.368 e. The fourth-order valence-electron chi connectivity index (χ4n) is 0.480. The predicted molar refractivity (Wildman–Crippen MR) is 35.9 cm³/mol. The van der Waals surface area contributed by atoms with Crippen molar-refractivity contribution in [1.29, 1.82) is 0 Å². The average molecular weight is 133 g/mol. The van der Waals surface area contributed by atoms with Crippen molar-refractivity contribution >= 4 is 0 Å². The second-order valence-electron chi connectivity index (χ2n) is 1.90. The van der Waals surface area contributed by atoms with Gasteiger partial charge in [-0.1, -0.05) is 6.92 Å². The molecule has 0 bridgehead atoms.